The van der Waals surface area contributed by atoms with Crippen molar-refractivity contribution in [2.75, 3.05) is 18.0 Å². The van der Waals surface area contributed by atoms with Gasteiger partial charge in [-0.05, 0) is 61.1 Å². The number of nitrogens with zero attached hydrogens (tertiary/aromatic N) is 3. The number of H-pyrrole nitrogens is 1. The molecule has 2 aromatic carbocycles. The van der Waals surface area contributed by atoms with Crippen molar-refractivity contribution in [3.05, 3.63) is 82.5 Å². The van der Waals surface area contributed by atoms with Crippen molar-refractivity contribution in [2.45, 2.75) is 31.7 Å². The van der Waals surface area contributed by atoms with Crippen LogP contribution in [-0.2, 0) is 17.6 Å². The summed E-state index contributed by atoms with van der Waals surface area (Å²) in [6.45, 7) is 0.0578. The van der Waals surface area contributed by atoms with Crippen molar-refractivity contribution >= 4 is 46.5 Å². The molecule has 0 saturated carbocycles. The Morgan fingerprint density at radius 3 is 2.30 bits per heavy atom. The maximum Gasteiger partial charge on any atom is 0.326 e. The Morgan fingerprint density at radius 1 is 0.975 bits per heavy atom. The van der Waals surface area contributed by atoms with E-state index in [9.17, 15) is 24.3 Å². The highest BCUT2D eigenvalue weighted by Gasteiger charge is 2.35. The molecular weight excluding hydrogens is 514 g/mol. The van der Waals surface area contributed by atoms with Crippen LogP contribution in [0.4, 0.5) is 11.8 Å². The first-order chi connectivity index (χ1) is 19.2. The van der Waals surface area contributed by atoms with E-state index in [1.54, 1.807) is 48.5 Å². The van der Waals surface area contributed by atoms with Crippen LogP contribution in [0, 0.1) is 0 Å². The molecule has 40 heavy (non-hydrogen) atoms. The summed E-state index contributed by atoms with van der Waals surface area (Å²) < 4.78 is 0. The number of aliphatic carboxylic acids is 1. The lowest BCUT2D eigenvalue weighted by atomic mass is 10.0. The molecule has 1 aliphatic rings. The Labute approximate surface area is 228 Å². The zero-order valence-corrected chi connectivity index (χ0v) is 21.4. The number of rotatable bonds is 10. The third-order valence-electron chi connectivity index (χ3n) is 6.91. The molecule has 3 heterocycles. The minimum atomic E-state index is -1.20. The summed E-state index contributed by atoms with van der Waals surface area (Å²) >= 11 is 0. The lowest BCUT2D eigenvalue weighted by Gasteiger charge is -2.17. The molecule has 0 bridgehead atoms. The summed E-state index contributed by atoms with van der Waals surface area (Å²) in [5.74, 6) is -2.12. The van der Waals surface area contributed by atoms with Gasteiger partial charge in [-0.15, -0.1) is 0 Å². The Balaban J connectivity index is 1.15. The van der Waals surface area contributed by atoms with Crippen LogP contribution in [-0.4, -0.2) is 61.2 Å². The van der Waals surface area contributed by atoms with Gasteiger partial charge in [0.15, 0.2) is 0 Å². The third-order valence-corrected chi connectivity index (χ3v) is 6.91. The summed E-state index contributed by atoms with van der Waals surface area (Å²) in [6.07, 6.45) is 3.40. The Bertz CT molecular complexity index is 1600. The molecule has 7 N–H and O–H groups in total. The highest BCUT2D eigenvalue weighted by Crippen LogP contribution is 2.25. The van der Waals surface area contributed by atoms with Gasteiger partial charge >= 0.3 is 5.97 Å². The number of fused-ring (bicyclic) bond motifs is 2. The summed E-state index contributed by atoms with van der Waals surface area (Å²) in [4.78, 5) is 61.9. The molecule has 12 nitrogen and oxygen atoms in total. The van der Waals surface area contributed by atoms with Crippen molar-refractivity contribution in [1.29, 1.82) is 0 Å². The van der Waals surface area contributed by atoms with Gasteiger partial charge in [-0.2, -0.15) is 9.97 Å². The first kappa shape index (κ1) is 26.4. The van der Waals surface area contributed by atoms with Crippen molar-refractivity contribution in [3.8, 4) is 0 Å². The largest absolute Gasteiger partial charge is 0.480 e. The number of aromatic nitrogens is 3. The second-order valence-corrected chi connectivity index (χ2v) is 9.52. The zero-order chi connectivity index (χ0) is 28.4. The number of anilines is 2. The molecular formula is C28H27N7O5. The molecule has 2 aromatic heterocycles. The molecule has 1 aliphatic heterocycles. The molecule has 4 aromatic rings. The quantitative estimate of drug-likeness (QED) is 0.187. The Hall–Kier alpha value is -5.26. The average Bonchev–Trinajstić information content (AvgIpc) is 3.45. The summed E-state index contributed by atoms with van der Waals surface area (Å²) in [5, 5.41) is 12.9. The fraction of sp³-hybridized carbons (Fsp3) is 0.214. The van der Waals surface area contributed by atoms with Crippen LogP contribution in [0.15, 0.2) is 54.7 Å². The number of carbonyl (C=O) groups excluding carboxylic acids is 3. The number of benzene rings is 2. The predicted octanol–water partition coefficient (Wildman–Crippen LogP) is 2.17. The van der Waals surface area contributed by atoms with Crippen LogP contribution in [0.1, 0.15) is 55.0 Å². The number of carboxylic acid groups (broad SMARTS) is 1. The van der Waals surface area contributed by atoms with Crippen LogP contribution < -0.4 is 16.8 Å². The monoisotopic (exact) mass is 541 g/mol. The zero-order valence-electron chi connectivity index (χ0n) is 21.4. The van der Waals surface area contributed by atoms with Gasteiger partial charge in [0.2, 0.25) is 5.95 Å². The second kappa shape index (κ2) is 10.8. The van der Waals surface area contributed by atoms with Gasteiger partial charge in [-0.1, -0.05) is 24.3 Å². The van der Waals surface area contributed by atoms with E-state index in [1.807, 2.05) is 6.20 Å². The fourth-order valence-electron chi connectivity index (χ4n) is 4.84. The minimum Gasteiger partial charge on any atom is -0.480 e. The van der Waals surface area contributed by atoms with E-state index in [0.717, 1.165) is 21.4 Å². The number of carboxylic acids is 1. The molecule has 0 fully saturated rings. The molecule has 3 amide bonds. The van der Waals surface area contributed by atoms with Crippen LogP contribution >= 0.6 is 0 Å². The van der Waals surface area contributed by atoms with Gasteiger partial charge in [0.05, 0.1) is 16.5 Å². The molecule has 0 saturated heterocycles. The highest BCUT2D eigenvalue weighted by atomic mass is 16.4. The number of aromatic amines is 1. The molecule has 0 radical (unpaired) electrons. The number of aryl methyl sites for hydroxylation is 2. The Kier molecular flexibility index (Phi) is 7.15. The molecule has 204 valence electrons. The maximum absolute atomic E-state index is 12.8. The molecule has 5 rings (SSSR count). The van der Waals surface area contributed by atoms with Gasteiger partial charge in [-0.3, -0.25) is 19.3 Å². The second-order valence-electron chi connectivity index (χ2n) is 9.52. The number of nitrogen functional groups attached to an aromatic ring is 2. The standard InChI is InChI=1S/C28H27N7O5/c29-22-21-17(14-31-23(21)34-28(30)33-22)12-9-15-7-10-16(11-8-15)24(36)32-20(27(39)40)6-3-13-35-25(37)18-4-1-2-5-19(18)26(35)38/h1-2,4-5,7-8,10-11,14,20H,3,6,9,12-13H2,(H,32,36)(H,39,40)(H5,29,30,31,33,34)/t20-/m0/s1. The van der Waals surface area contributed by atoms with E-state index in [2.05, 4.69) is 20.3 Å². The van der Waals surface area contributed by atoms with Gasteiger partial charge in [0.25, 0.3) is 17.7 Å². The highest BCUT2D eigenvalue weighted by molar-refractivity contribution is 6.21. The first-order valence-corrected chi connectivity index (χ1v) is 12.7. The van der Waals surface area contributed by atoms with E-state index < -0.39 is 29.7 Å². The normalized spacial score (nSPS) is 13.4. The minimum absolute atomic E-state index is 0.0513. The molecule has 0 spiro atoms. The van der Waals surface area contributed by atoms with Crippen molar-refractivity contribution < 1.29 is 24.3 Å². The van der Waals surface area contributed by atoms with Gasteiger partial charge in [0.1, 0.15) is 17.5 Å². The number of carbonyl (C=O) groups is 4. The number of amides is 3. The van der Waals surface area contributed by atoms with Crippen molar-refractivity contribution in [3.63, 3.8) is 0 Å². The van der Waals surface area contributed by atoms with E-state index in [1.165, 1.54) is 0 Å². The number of nitrogens with two attached hydrogens (primary N) is 2. The van der Waals surface area contributed by atoms with Gasteiger partial charge < -0.3 is 26.9 Å². The van der Waals surface area contributed by atoms with Crippen LogP contribution in [0.3, 0.4) is 0 Å². The number of hydrogen-bond acceptors (Lipinski definition) is 8. The Morgan fingerprint density at radius 2 is 1.65 bits per heavy atom. The molecule has 0 aliphatic carbocycles. The van der Waals surface area contributed by atoms with Gasteiger partial charge in [-0.25, -0.2) is 4.79 Å². The van der Waals surface area contributed by atoms with Crippen LogP contribution in [0.5, 0.6) is 0 Å². The number of hydrogen-bond donors (Lipinski definition) is 5. The number of imide groups is 1. The van der Waals surface area contributed by atoms with E-state index >= 15 is 0 Å². The van der Waals surface area contributed by atoms with Crippen molar-refractivity contribution in [1.82, 2.24) is 25.2 Å². The van der Waals surface area contributed by atoms with Crippen LogP contribution in [0.2, 0.25) is 0 Å². The van der Waals surface area contributed by atoms with Crippen molar-refractivity contribution in [2.24, 2.45) is 0 Å². The molecule has 12 heteroatoms. The van der Waals surface area contributed by atoms with Crippen LogP contribution in [0.25, 0.3) is 11.0 Å². The predicted molar refractivity (Wildman–Crippen MR) is 146 cm³/mol. The van der Waals surface area contributed by atoms with E-state index in [-0.39, 0.29) is 25.3 Å². The van der Waals surface area contributed by atoms with E-state index in [4.69, 9.17) is 11.5 Å². The maximum atomic E-state index is 12.8. The van der Waals surface area contributed by atoms with Gasteiger partial charge in [0, 0.05) is 18.3 Å². The first-order valence-electron chi connectivity index (χ1n) is 12.7. The summed E-state index contributed by atoms with van der Waals surface area (Å²) in [5.41, 5.74) is 15.1. The fourth-order valence-corrected chi connectivity index (χ4v) is 4.84. The average molecular weight is 542 g/mol. The lowest BCUT2D eigenvalue weighted by Crippen LogP contribution is -2.41. The topological polar surface area (TPSA) is 197 Å². The smallest absolute Gasteiger partial charge is 0.326 e. The SMILES string of the molecule is Nc1nc(N)c2c(CCc3ccc(C(=O)N[C@@H](CCCN4C(=O)c5ccccc5C4=O)C(=O)O)cc3)c[nH]c2n1. The number of nitrogens with one attached hydrogen (secondary N) is 2. The molecule has 0 unspecified atom stereocenters. The summed E-state index contributed by atoms with van der Waals surface area (Å²) in [6, 6.07) is 12.2. The lowest BCUT2D eigenvalue weighted by molar-refractivity contribution is -0.139. The molecule has 1 atom stereocenters. The third kappa shape index (κ3) is 5.19. The summed E-state index contributed by atoms with van der Waals surface area (Å²) in [7, 11) is 0. The van der Waals surface area contributed by atoms with E-state index in [0.29, 0.717) is 41.0 Å².